The third-order valence-electron chi connectivity index (χ3n) is 1.41. The van der Waals surface area contributed by atoms with E-state index in [4.69, 9.17) is 0 Å². The summed E-state index contributed by atoms with van der Waals surface area (Å²) in [5, 5.41) is 0. The molecule has 12 heavy (non-hydrogen) atoms. The summed E-state index contributed by atoms with van der Waals surface area (Å²) >= 11 is 0. The Kier molecular flexibility index (Phi) is 7.30. The molecule has 0 aliphatic carbocycles. The predicted octanol–water partition coefficient (Wildman–Crippen LogP) is 2.40. The fraction of sp³-hybridized carbons (Fsp3) is 0.273. The monoisotopic (exact) mass is 163 g/mol. The second-order valence-corrected chi connectivity index (χ2v) is 2.46. The highest BCUT2D eigenvalue weighted by atomic mass is 15.1. The van der Waals surface area contributed by atoms with E-state index >= 15 is 0 Å². The van der Waals surface area contributed by atoms with Crippen LogP contribution in [-0.2, 0) is 0 Å². The van der Waals surface area contributed by atoms with Crippen molar-refractivity contribution in [2.24, 2.45) is 0 Å². The van der Waals surface area contributed by atoms with E-state index in [0.29, 0.717) is 0 Å². The minimum absolute atomic E-state index is 0.896. The molecule has 0 atom stereocenters. The quantitative estimate of drug-likeness (QED) is 0.411. The Morgan fingerprint density at radius 1 is 0.917 bits per heavy atom. The van der Waals surface area contributed by atoms with E-state index in [-0.39, 0.29) is 0 Å². The Balaban J connectivity index is 3.75. The first-order valence-electron chi connectivity index (χ1n) is 4.06. The van der Waals surface area contributed by atoms with Gasteiger partial charge >= 0.3 is 0 Å². The molecule has 0 heterocycles. The molecule has 0 saturated carbocycles. The molecule has 0 radical (unpaired) electrons. The lowest BCUT2D eigenvalue weighted by atomic mass is 10.4. The van der Waals surface area contributed by atoms with Gasteiger partial charge in [0.15, 0.2) is 0 Å². The van der Waals surface area contributed by atoms with Crippen molar-refractivity contribution < 1.29 is 0 Å². The Morgan fingerprint density at radius 2 is 1.50 bits per heavy atom. The third kappa shape index (κ3) is 5.69. The van der Waals surface area contributed by atoms with Gasteiger partial charge < -0.3 is 0 Å². The minimum Gasteiger partial charge on any atom is -0.292 e. The van der Waals surface area contributed by atoms with Crippen molar-refractivity contribution in [1.29, 1.82) is 0 Å². The molecule has 66 valence electrons. The maximum atomic E-state index is 3.69. The summed E-state index contributed by atoms with van der Waals surface area (Å²) in [6.07, 6.45) is 9.58. The van der Waals surface area contributed by atoms with Gasteiger partial charge in [0.05, 0.1) is 0 Å². The van der Waals surface area contributed by atoms with Gasteiger partial charge in [0.25, 0.3) is 0 Å². The number of rotatable bonds is 7. The van der Waals surface area contributed by atoms with E-state index < -0.39 is 0 Å². The fourth-order valence-corrected chi connectivity index (χ4v) is 0.895. The van der Waals surface area contributed by atoms with Gasteiger partial charge in [-0.2, -0.15) is 0 Å². The number of hydrogen-bond donors (Lipinski definition) is 0. The molecular formula is C11H17N. The summed E-state index contributed by atoms with van der Waals surface area (Å²) in [6, 6.07) is 0. The summed E-state index contributed by atoms with van der Waals surface area (Å²) in [5.74, 6) is 0. The second-order valence-electron chi connectivity index (χ2n) is 2.46. The molecule has 0 bridgehead atoms. The zero-order valence-corrected chi connectivity index (χ0v) is 7.58. The van der Waals surface area contributed by atoms with Gasteiger partial charge in [0.1, 0.15) is 0 Å². The molecule has 0 aromatic heterocycles. The summed E-state index contributed by atoms with van der Waals surface area (Å²) < 4.78 is 0. The first-order chi connectivity index (χ1) is 5.85. The van der Waals surface area contributed by atoms with E-state index in [1.807, 2.05) is 18.2 Å². The molecule has 1 heteroatoms. The molecule has 0 unspecified atom stereocenters. The topological polar surface area (TPSA) is 3.24 Å². The molecule has 0 spiro atoms. The molecule has 0 aromatic carbocycles. The molecule has 1 nitrogen and oxygen atoms in total. The smallest absolute Gasteiger partial charge is 0.0172 e. The second kappa shape index (κ2) is 8.02. The zero-order valence-electron chi connectivity index (χ0n) is 7.58. The number of hydrogen-bond acceptors (Lipinski definition) is 1. The number of nitrogens with zero attached hydrogens (tertiary/aromatic N) is 1. The maximum absolute atomic E-state index is 3.69. The van der Waals surface area contributed by atoms with Crippen molar-refractivity contribution in [3.63, 3.8) is 0 Å². The molecular weight excluding hydrogens is 146 g/mol. The molecule has 0 fully saturated rings. The van der Waals surface area contributed by atoms with Crippen LogP contribution in [-0.4, -0.2) is 24.5 Å². The predicted molar refractivity (Wildman–Crippen MR) is 56.2 cm³/mol. The van der Waals surface area contributed by atoms with Gasteiger partial charge in [0, 0.05) is 19.6 Å². The van der Waals surface area contributed by atoms with Crippen LogP contribution < -0.4 is 0 Å². The minimum atomic E-state index is 0.896. The highest BCUT2D eigenvalue weighted by molar-refractivity contribution is 4.99. The molecule has 0 N–H and O–H groups in total. The van der Waals surface area contributed by atoms with E-state index in [2.05, 4.69) is 30.7 Å². The summed E-state index contributed by atoms with van der Waals surface area (Å²) in [5.41, 5.74) is 0. The van der Waals surface area contributed by atoms with Crippen LogP contribution in [0, 0.1) is 0 Å². The molecule has 0 aromatic rings. The van der Waals surface area contributed by atoms with Gasteiger partial charge in [-0.15, -0.1) is 13.2 Å². The molecule has 0 aliphatic rings. The molecule has 0 rings (SSSR count). The largest absolute Gasteiger partial charge is 0.292 e. The van der Waals surface area contributed by atoms with Crippen molar-refractivity contribution in [1.82, 2.24) is 4.90 Å². The van der Waals surface area contributed by atoms with Crippen molar-refractivity contribution >= 4 is 0 Å². The molecule has 0 aliphatic heterocycles. The van der Waals surface area contributed by atoms with Crippen LogP contribution in [0.3, 0.4) is 0 Å². The average molecular weight is 163 g/mol. The first-order valence-corrected chi connectivity index (χ1v) is 4.06. The zero-order chi connectivity index (χ0) is 9.23. The lowest BCUT2D eigenvalue weighted by molar-refractivity contribution is 0.373. The first kappa shape index (κ1) is 10.9. The van der Waals surface area contributed by atoms with Crippen molar-refractivity contribution in [3.05, 3.63) is 50.1 Å². The highest BCUT2D eigenvalue weighted by Gasteiger charge is 1.94. The van der Waals surface area contributed by atoms with Gasteiger partial charge in [-0.25, -0.2) is 0 Å². The SMILES string of the molecule is C=CC=CCN(CC=C)CC=C. The Bertz CT molecular complexity index is 158. The van der Waals surface area contributed by atoms with E-state index in [9.17, 15) is 0 Å². The molecule has 0 saturated heterocycles. The van der Waals surface area contributed by atoms with Crippen LogP contribution >= 0.6 is 0 Å². The van der Waals surface area contributed by atoms with Crippen LogP contribution in [0.4, 0.5) is 0 Å². The Morgan fingerprint density at radius 3 is 1.92 bits per heavy atom. The van der Waals surface area contributed by atoms with Crippen molar-refractivity contribution in [3.8, 4) is 0 Å². The van der Waals surface area contributed by atoms with Crippen molar-refractivity contribution in [2.75, 3.05) is 19.6 Å². The number of allylic oxidation sites excluding steroid dienone is 2. The normalized spacial score (nSPS) is 10.4. The molecule has 0 amide bonds. The summed E-state index contributed by atoms with van der Waals surface area (Å²) in [4.78, 5) is 2.22. The van der Waals surface area contributed by atoms with E-state index in [0.717, 1.165) is 19.6 Å². The summed E-state index contributed by atoms with van der Waals surface area (Å²) in [6.45, 7) is 13.7. The Labute approximate surface area is 75.4 Å². The van der Waals surface area contributed by atoms with Gasteiger partial charge in [0.2, 0.25) is 0 Å². The van der Waals surface area contributed by atoms with Crippen LogP contribution in [0.2, 0.25) is 0 Å². The van der Waals surface area contributed by atoms with Gasteiger partial charge in [-0.05, 0) is 0 Å². The van der Waals surface area contributed by atoms with Crippen LogP contribution in [0.1, 0.15) is 0 Å². The van der Waals surface area contributed by atoms with E-state index in [1.54, 1.807) is 6.08 Å². The Hall–Kier alpha value is -1.08. The fourth-order valence-electron chi connectivity index (χ4n) is 0.895. The van der Waals surface area contributed by atoms with Gasteiger partial charge in [-0.3, -0.25) is 4.90 Å². The highest BCUT2D eigenvalue weighted by Crippen LogP contribution is 1.89. The van der Waals surface area contributed by atoms with E-state index in [1.165, 1.54) is 0 Å². The lowest BCUT2D eigenvalue weighted by Crippen LogP contribution is -2.23. The van der Waals surface area contributed by atoms with Crippen LogP contribution in [0.5, 0.6) is 0 Å². The standard InChI is InChI=1S/C11H17N/c1-4-7-8-11-12(9-5-2)10-6-3/h4-8H,1-3,9-11H2. The average Bonchev–Trinajstić information content (AvgIpc) is 2.06. The maximum Gasteiger partial charge on any atom is 0.0172 e. The third-order valence-corrected chi connectivity index (χ3v) is 1.41. The van der Waals surface area contributed by atoms with Crippen LogP contribution in [0.25, 0.3) is 0 Å². The summed E-state index contributed by atoms with van der Waals surface area (Å²) in [7, 11) is 0. The van der Waals surface area contributed by atoms with Crippen molar-refractivity contribution in [2.45, 2.75) is 0 Å². The van der Waals surface area contributed by atoms with Crippen LogP contribution in [0.15, 0.2) is 50.1 Å². The lowest BCUT2D eigenvalue weighted by Gasteiger charge is -2.15. The van der Waals surface area contributed by atoms with Gasteiger partial charge in [-0.1, -0.05) is 37.0 Å².